The molecule has 1 N–H and O–H groups in total. The molecule has 172 valence electrons. The number of ether oxygens (including phenoxy) is 1. The number of aromatic hydroxyl groups is 1. The molecule has 0 aromatic heterocycles. The van der Waals surface area contributed by atoms with E-state index in [1.807, 2.05) is 60.7 Å². The molecule has 1 saturated heterocycles. The lowest BCUT2D eigenvalue weighted by Gasteiger charge is -2.15. The Morgan fingerprint density at radius 1 is 1.09 bits per heavy atom. The number of nitrogens with zero attached hydrogens (tertiary/aromatic N) is 3. The van der Waals surface area contributed by atoms with Gasteiger partial charge in [-0.2, -0.15) is 0 Å². The quantitative estimate of drug-likeness (QED) is 0.293. The number of amidine groups is 1. The highest BCUT2D eigenvalue weighted by Gasteiger charge is 2.33. The van der Waals surface area contributed by atoms with Crippen molar-refractivity contribution in [2.45, 2.75) is 13.1 Å². The predicted octanol–water partition coefficient (Wildman–Crippen LogP) is 4.98. The Hall–Kier alpha value is -4.11. The van der Waals surface area contributed by atoms with Gasteiger partial charge in [-0.1, -0.05) is 60.7 Å². The van der Waals surface area contributed by atoms with Crippen LogP contribution in [0.5, 0.6) is 11.5 Å². The standard InChI is InChI=1S/C25H21N3O5S/c1-33-21-13-19(12-20(23(21)29)28(31)32)14-22-24(30)27(16-18-10-6-3-7-11-18)25(34-22)26-15-17-8-4-2-5-9-17/h2-14,29H,15-16H2,1H3/b22-14+,26-25?. The molecule has 3 aromatic rings. The van der Waals surface area contributed by atoms with Crippen molar-refractivity contribution < 1.29 is 19.6 Å². The number of benzene rings is 3. The molecule has 0 aliphatic carbocycles. The minimum Gasteiger partial charge on any atom is -0.500 e. The van der Waals surface area contributed by atoms with Crippen molar-refractivity contribution in [2.75, 3.05) is 7.11 Å². The van der Waals surface area contributed by atoms with Gasteiger partial charge in [-0.05, 0) is 40.6 Å². The van der Waals surface area contributed by atoms with Crippen LogP contribution in [0.4, 0.5) is 5.69 Å². The molecule has 8 nitrogen and oxygen atoms in total. The highest BCUT2D eigenvalue weighted by Crippen LogP contribution is 2.39. The van der Waals surface area contributed by atoms with Crippen molar-refractivity contribution in [3.63, 3.8) is 0 Å². The third-order valence-corrected chi connectivity index (χ3v) is 6.15. The van der Waals surface area contributed by atoms with E-state index in [4.69, 9.17) is 4.74 Å². The highest BCUT2D eigenvalue weighted by atomic mass is 32.2. The molecular formula is C25H21N3O5S. The molecule has 0 bridgehead atoms. The van der Waals surface area contributed by atoms with Gasteiger partial charge in [-0.3, -0.25) is 24.8 Å². The number of thioether (sulfide) groups is 1. The maximum absolute atomic E-state index is 13.3. The van der Waals surface area contributed by atoms with Crippen LogP contribution < -0.4 is 4.74 Å². The fourth-order valence-electron chi connectivity index (χ4n) is 3.42. The van der Waals surface area contributed by atoms with Gasteiger partial charge in [-0.15, -0.1) is 0 Å². The van der Waals surface area contributed by atoms with E-state index in [9.17, 15) is 20.0 Å². The lowest BCUT2D eigenvalue weighted by Crippen LogP contribution is -2.28. The first kappa shape index (κ1) is 23.1. The lowest BCUT2D eigenvalue weighted by atomic mass is 10.1. The van der Waals surface area contributed by atoms with Gasteiger partial charge in [0, 0.05) is 6.07 Å². The first-order chi connectivity index (χ1) is 16.5. The monoisotopic (exact) mass is 475 g/mol. The van der Waals surface area contributed by atoms with Crippen molar-refractivity contribution in [3.8, 4) is 11.5 Å². The molecule has 3 aromatic carbocycles. The van der Waals surface area contributed by atoms with Gasteiger partial charge < -0.3 is 9.84 Å². The average Bonchev–Trinajstić information content (AvgIpc) is 3.13. The zero-order chi connectivity index (χ0) is 24.1. The summed E-state index contributed by atoms with van der Waals surface area (Å²) in [4.78, 5) is 30.6. The second kappa shape index (κ2) is 10.2. The second-order valence-corrected chi connectivity index (χ2v) is 8.43. The summed E-state index contributed by atoms with van der Waals surface area (Å²) in [6.45, 7) is 0.754. The third kappa shape index (κ3) is 5.10. The minimum atomic E-state index is -0.697. The number of amides is 1. The molecule has 34 heavy (non-hydrogen) atoms. The van der Waals surface area contributed by atoms with E-state index < -0.39 is 16.4 Å². The zero-order valence-corrected chi connectivity index (χ0v) is 19.1. The number of methoxy groups -OCH3 is 1. The van der Waals surface area contributed by atoms with E-state index in [-0.39, 0.29) is 11.7 Å². The Morgan fingerprint density at radius 2 is 1.74 bits per heavy atom. The van der Waals surface area contributed by atoms with Crippen molar-refractivity contribution in [1.82, 2.24) is 4.90 Å². The molecule has 9 heteroatoms. The van der Waals surface area contributed by atoms with Crippen molar-refractivity contribution in [2.24, 2.45) is 4.99 Å². The summed E-state index contributed by atoms with van der Waals surface area (Å²) in [5.41, 5.74) is 1.83. The molecule has 1 fully saturated rings. The predicted molar refractivity (Wildman–Crippen MR) is 131 cm³/mol. The third-order valence-electron chi connectivity index (χ3n) is 5.10. The number of rotatable bonds is 7. The van der Waals surface area contributed by atoms with Crippen LogP contribution in [0.3, 0.4) is 0 Å². The molecule has 0 spiro atoms. The first-order valence-corrected chi connectivity index (χ1v) is 11.2. The molecule has 4 rings (SSSR count). The molecule has 1 aliphatic rings. The number of carbonyl (C=O) groups excluding carboxylic acids is 1. The van der Waals surface area contributed by atoms with E-state index in [1.54, 1.807) is 11.0 Å². The van der Waals surface area contributed by atoms with Crippen molar-refractivity contribution in [3.05, 3.63) is 105 Å². The Balaban J connectivity index is 1.70. The number of phenolic OH excluding ortho intramolecular Hbond substituents is 1. The Bertz CT molecular complexity index is 1280. The first-order valence-electron chi connectivity index (χ1n) is 10.4. The molecule has 0 unspecified atom stereocenters. The van der Waals surface area contributed by atoms with E-state index in [1.165, 1.54) is 31.0 Å². The molecule has 0 atom stereocenters. The summed E-state index contributed by atoms with van der Waals surface area (Å²) in [6.07, 6.45) is 1.55. The Morgan fingerprint density at radius 3 is 2.35 bits per heavy atom. The molecule has 0 saturated carbocycles. The van der Waals surface area contributed by atoms with Gasteiger partial charge in [0.1, 0.15) is 0 Å². The second-order valence-electron chi connectivity index (χ2n) is 7.42. The summed E-state index contributed by atoms with van der Waals surface area (Å²) in [7, 11) is 1.31. The Labute approximate surface area is 200 Å². The number of nitro benzene ring substituents is 1. The van der Waals surface area contributed by atoms with Gasteiger partial charge in [0.05, 0.1) is 30.0 Å². The SMILES string of the molecule is COc1cc(/C=C2/SC(=NCc3ccccc3)N(Cc3ccccc3)C2=O)cc([N+](=O)[O-])c1O. The van der Waals surface area contributed by atoms with Crippen LogP contribution in [-0.4, -0.2) is 33.1 Å². The zero-order valence-electron chi connectivity index (χ0n) is 18.2. The fourth-order valence-corrected chi connectivity index (χ4v) is 4.39. The normalized spacial score (nSPS) is 15.8. The Kier molecular flexibility index (Phi) is 6.93. The maximum atomic E-state index is 13.3. The summed E-state index contributed by atoms with van der Waals surface area (Å²) in [5, 5.41) is 21.9. The smallest absolute Gasteiger partial charge is 0.315 e. The van der Waals surface area contributed by atoms with E-state index in [0.29, 0.717) is 28.7 Å². The molecule has 1 amide bonds. The van der Waals surface area contributed by atoms with Crippen LogP contribution in [0, 0.1) is 10.1 Å². The fraction of sp³-hybridized carbons (Fsp3) is 0.120. The van der Waals surface area contributed by atoms with Crippen LogP contribution in [-0.2, 0) is 17.9 Å². The number of hydrogen-bond donors (Lipinski definition) is 1. The maximum Gasteiger partial charge on any atom is 0.315 e. The van der Waals surface area contributed by atoms with E-state index in [2.05, 4.69) is 4.99 Å². The number of phenols is 1. The number of hydrogen-bond acceptors (Lipinski definition) is 7. The molecular weight excluding hydrogens is 454 g/mol. The summed E-state index contributed by atoms with van der Waals surface area (Å²) < 4.78 is 5.07. The summed E-state index contributed by atoms with van der Waals surface area (Å²) in [6, 6.07) is 22.0. The van der Waals surface area contributed by atoms with E-state index >= 15 is 0 Å². The van der Waals surface area contributed by atoms with Crippen LogP contribution in [0.25, 0.3) is 6.08 Å². The summed E-state index contributed by atoms with van der Waals surface area (Å²) >= 11 is 1.21. The lowest BCUT2D eigenvalue weighted by molar-refractivity contribution is -0.386. The van der Waals surface area contributed by atoms with E-state index in [0.717, 1.165) is 11.1 Å². The van der Waals surface area contributed by atoms with Crippen LogP contribution >= 0.6 is 11.8 Å². The van der Waals surface area contributed by atoms with Crippen LogP contribution in [0.2, 0.25) is 0 Å². The number of nitro groups is 1. The van der Waals surface area contributed by atoms with Gasteiger partial charge in [0.2, 0.25) is 5.75 Å². The van der Waals surface area contributed by atoms with Gasteiger partial charge in [-0.25, -0.2) is 0 Å². The van der Waals surface area contributed by atoms with Crippen LogP contribution in [0.15, 0.2) is 82.7 Å². The molecule has 1 aliphatic heterocycles. The largest absolute Gasteiger partial charge is 0.500 e. The summed E-state index contributed by atoms with van der Waals surface area (Å²) in [5.74, 6) is -0.859. The van der Waals surface area contributed by atoms with Crippen molar-refractivity contribution in [1.29, 1.82) is 0 Å². The number of aliphatic imine (C=N–C) groups is 1. The van der Waals surface area contributed by atoms with Crippen LogP contribution in [0.1, 0.15) is 16.7 Å². The van der Waals surface area contributed by atoms with Gasteiger partial charge >= 0.3 is 5.69 Å². The molecule has 1 heterocycles. The van der Waals surface area contributed by atoms with Gasteiger partial charge in [0.25, 0.3) is 5.91 Å². The highest BCUT2D eigenvalue weighted by molar-refractivity contribution is 8.18. The van der Waals surface area contributed by atoms with Crippen molar-refractivity contribution >= 4 is 34.6 Å². The van der Waals surface area contributed by atoms with Gasteiger partial charge in [0.15, 0.2) is 10.9 Å². The average molecular weight is 476 g/mol. The topological polar surface area (TPSA) is 105 Å². The number of carbonyl (C=O) groups is 1. The molecule has 0 radical (unpaired) electrons. The minimum absolute atomic E-state index is 0.0457.